The molecule has 4 rings (SSSR count). The number of carbonyl (C=O) groups excluding carboxylic acids is 1. The molecule has 0 saturated carbocycles. The van der Waals surface area contributed by atoms with Crippen molar-refractivity contribution in [2.45, 2.75) is 25.9 Å². The fourth-order valence-corrected chi connectivity index (χ4v) is 3.68. The van der Waals surface area contributed by atoms with E-state index in [9.17, 15) is 4.79 Å². The van der Waals surface area contributed by atoms with Gasteiger partial charge in [-0.2, -0.15) is 0 Å². The summed E-state index contributed by atoms with van der Waals surface area (Å²) in [7, 11) is 1.92. The lowest BCUT2D eigenvalue weighted by atomic mass is 10.2. The molecule has 5 heteroatoms. The third-order valence-electron chi connectivity index (χ3n) is 5.07. The Hall–Kier alpha value is -2.79. The molecule has 1 aromatic heterocycles. The minimum Gasteiger partial charge on any atom is -0.489 e. The summed E-state index contributed by atoms with van der Waals surface area (Å²) in [5.41, 5.74) is 3.51. The Morgan fingerprint density at radius 2 is 2.11 bits per heavy atom. The second kappa shape index (κ2) is 7.45. The standard InChI is InChI=1S/C22H24N2O3/c1-15-7-5-8-16-13-19(24(2)21(15)16)22(25)23-18-10-3-4-11-20(18)27-14-17-9-6-12-26-17/h3-5,7-8,10-11,13,17H,6,9,12,14H2,1-2H3,(H,23,25). The second-order valence-corrected chi connectivity index (χ2v) is 7.00. The fraction of sp³-hybridized carbons (Fsp3) is 0.318. The number of anilines is 1. The normalized spacial score (nSPS) is 16.6. The summed E-state index contributed by atoms with van der Waals surface area (Å²) in [6.07, 6.45) is 2.23. The number of benzene rings is 2. The highest BCUT2D eigenvalue weighted by molar-refractivity contribution is 6.07. The summed E-state index contributed by atoms with van der Waals surface area (Å²) in [5, 5.41) is 4.06. The predicted molar refractivity (Wildman–Crippen MR) is 107 cm³/mol. The van der Waals surface area contributed by atoms with E-state index in [4.69, 9.17) is 9.47 Å². The maximum atomic E-state index is 12.9. The van der Waals surface area contributed by atoms with Crippen LogP contribution in [0.15, 0.2) is 48.5 Å². The van der Waals surface area contributed by atoms with Gasteiger partial charge in [-0.15, -0.1) is 0 Å². The molecule has 1 aliphatic heterocycles. The van der Waals surface area contributed by atoms with E-state index in [0.29, 0.717) is 23.7 Å². The van der Waals surface area contributed by atoms with Gasteiger partial charge in [0.25, 0.3) is 5.91 Å². The van der Waals surface area contributed by atoms with Crippen molar-refractivity contribution in [1.29, 1.82) is 0 Å². The first-order valence-electron chi connectivity index (χ1n) is 9.33. The van der Waals surface area contributed by atoms with Gasteiger partial charge in [-0.05, 0) is 43.5 Å². The zero-order chi connectivity index (χ0) is 18.8. The first kappa shape index (κ1) is 17.6. The summed E-state index contributed by atoms with van der Waals surface area (Å²) >= 11 is 0. The quantitative estimate of drug-likeness (QED) is 0.734. The number of nitrogens with one attached hydrogen (secondary N) is 1. The molecular weight excluding hydrogens is 340 g/mol. The molecule has 3 aromatic rings. The van der Waals surface area contributed by atoms with Crippen LogP contribution in [0.5, 0.6) is 5.75 Å². The van der Waals surface area contributed by atoms with Gasteiger partial charge in [0.1, 0.15) is 18.1 Å². The van der Waals surface area contributed by atoms with Crippen molar-refractivity contribution in [3.8, 4) is 5.75 Å². The maximum absolute atomic E-state index is 12.9. The fourth-order valence-electron chi connectivity index (χ4n) is 3.68. The van der Waals surface area contributed by atoms with Crippen molar-refractivity contribution in [2.75, 3.05) is 18.5 Å². The predicted octanol–water partition coefficient (Wildman–Crippen LogP) is 4.30. The lowest BCUT2D eigenvalue weighted by Gasteiger charge is -2.15. The number of hydrogen-bond donors (Lipinski definition) is 1. The van der Waals surface area contributed by atoms with Gasteiger partial charge < -0.3 is 19.4 Å². The SMILES string of the molecule is Cc1cccc2cc(C(=O)Nc3ccccc3OCC3CCCO3)n(C)c12. The molecule has 1 atom stereocenters. The van der Waals surface area contributed by atoms with Crippen LogP contribution in [0.2, 0.25) is 0 Å². The van der Waals surface area contributed by atoms with Gasteiger partial charge in [-0.1, -0.05) is 30.3 Å². The summed E-state index contributed by atoms with van der Waals surface area (Å²) < 4.78 is 13.5. The molecule has 1 aliphatic rings. The molecular formula is C22H24N2O3. The second-order valence-electron chi connectivity index (χ2n) is 7.00. The van der Waals surface area contributed by atoms with Crippen LogP contribution in [0.3, 0.4) is 0 Å². The van der Waals surface area contributed by atoms with Crippen LogP contribution in [0.25, 0.3) is 10.9 Å². The molecule has 0 bridgehead atoms. The lowest BCUT2D eigenvalue weighted by Crippen LogP contribution is -2.19. The Bertz CT molecular complexity index is 971. The summed E-state index contributed by atoms with van der Waals surface area (Å²) in [6.45, 7) is 3.35. The minimum atomic E-state index is -0.152. The van der Waals surface area contributed by atoms with Crippen LogP contribution < -0.4 is 10.1 Å². The monoisotopic (exact) mass is 364 g/mol. The van der Waals surface area contributed by atoms with E-state index < -0.39 is 0 Å². The van der Waals surface area contributed by atoms with Crippen LogP contribution in [-0.2, 0) is 11.8 Å². The van der Waals surface area contributed by atoms with Crippen LogP contribution in [0.4, 0.5) is 5.69 Å². The highest BCUT2D eigenvalue weighted by Gasteiger charge is 2.19. The average molecular weight is 364 g/mol. The van der Waals surface area contributed by atoms with Crippen molar-refractivity contribution < 1.29 is 14.3 Å². The molecule has 0 aliphatic carbocycles. The molecule has 1 amide bonds. The minimum absolute atomic E-state index is 0.134. The Kier molecular flexibility index (Phi) is 4.86. The molecule has 1 N–H and O–H groups in total. The van der Waals surface area contributed by atoms with E-state index in [0.717, 1.165) is 35.9 Å². The van der Waals surface area contributed by atoms with Crippen molar-refractivity contribution >= 4 is 22.5 Å². The summed E-state index contributed by atoms with van der Waals surface area (Å²) in [4.78, 5) is 12.9. The summed E-state index contributed by atoms with van der Waals surface area (Å²) in [5.74, 6) is 0.512. The Labute approximate surface area is 158 Å². The number of hydrogen-bond acceptors (Lipinski definition) is 3. The van der Waals surface area contributed by atoms with Crippen molar-refractivity contribution in [1.82, 2.24) is 4.57 Å². The van der Waals surface area contributed by atoms with E-state index >= 15 is 0 Å². The van der Waals surface area contributed by atoms with Gasteiger partial charge in [0.2, 0.25) is 0 Å². The number of rotatable bonds is 5. The van der Waals surface area contributed by atoms with E-state index in [1.165, 1.54) is 0 Å². The number of amides is 1. The number of carbonyl (C=O) groups is 1. The molecule has 5 nitrogen and oxygen atoms in total. The number of nitrogens with zero attached hydrogens (tertiary/aromatic N) is 1. The van der Waals surface area contributed by atoms with Gasteiger partial charge in [0.15, 0.2) is 0 Å². The zero-order valence-electron chi connectivity index (χ0n) is 15.7. The molecule has 2 aromatic carbocycles. The molecule has 2 heterocycles. The van der Waals surface area contributed by atoms with E-state index in [-0.39, 0.29) is 12.0 Å². The van der Waals surface area contributed by atoms with Gasteiger partial charge in [-0.3, -0.25) is 4.79 Å². The van der Waals surface area contributed by atoms with Gasteiger partial charge >= 0.3 is 0 Å². The van der Waals surface area contributed by atoms with Crippen molar-refractivity contribution in [3.05, 3.63) is 59.8 Å². The van der Waals surface area contributed by atoms with Gasteiger partial charge in [0, 0.05) is 19.0 Å². The van der Waals surface area contributed by atoms with Crippen molar-refractivity contribution in [2.24, 2.45) is 7.05 Å². The first-order chi connectivity index (χ1) is 13.1. The highest BCUT2D eigenvalue weighted by atomic mass is 16.5. The van der Waals surface area contributed by atoms with E-state index in [1.54, 1.807) is 0 Å². The number of para-hydroxylation sites is 3. The number of aromatic nitrogens is 1. The summed E-state index contributed by atoms with van der Waals surface area (Å²) in [6, 6.07) is 15.5. The molecule has 0 radical (unpaired) electrons. The van der Waals surface area contributed by atoms with Crippen LogP contribution >= 0.6 is 0 Å². The highest BCUT2D eigenvalue weighted by Crippen LogP contribution is 2.27. The van der Waals surface area contributed by atoms with Gasteiger partial charge in [0.05, 0.1) is 17.3 Å². The Morgan fingerprint density at radius 1 is 1.26 bits per heavy atom. The largest absolute Gasteiger partial charge is 0.489 e. The van der Waals surface area contributed by atoms with Gasteiger partial charge in [-0.25, -0.2) is 0 Å². The molecule has 140 valence electrons. The third kappa shape index (κ3) is 3.55. The first-order valence-corrected chi connectivity index (χ1v) is 9.33. The van der Waals surface area contributed by atoms with E-state index in [2.05, 4.69) is 18.3 Å². The topological polar surface area (TPSA) is 52.5 Å². The number of aryl methyl sites for hydroxylation is 2. The van der Waals surface area contributed by atoms with E-state index in [1.807, 2.05) is 54.1 Å². The van der Waals surface area contributed by atoms with Crippen LogP contribution in [0.1, 0.15) is 28.9 Å². The van der Waals surface area contributed by atoms with Crippen LogP contribution in [0, 0.1) is 6.92 Å². The number of fused-ring (bicyclic) bond motifs is 1. The molecule has 27 heavy (non-hydrogen) atoms. The Balaban J connectivity index is 1.55. The molecule has 1 fully saturated rings. The van der Waals surface area contributed by atoms with Crippen molar-refractivity contribution in [3.63, 3.8) is 0 Å². The third-order valence-corrected chi connectivity index (χ3v) is 5.07. The lowest BCUT2D eigenvalue weighted by molar-refractivity contribution is 0.0682. The molecule has 1 saturated heterocycles. The molecule has 1 unspecified atom stereocenters. The zero-order valence-corrected chi connectivity index (χ0v) is 15.7. The molecule has 0 spiro atoms. The van der Waals surface area contributed by atoms with Crippen LogP contribution in [-0.4, -0.2) is 29.8 Å². The average Bonchev–Trinajstić information content (AvgIpc) is 3.29. The number of ether oxygens (including phenoxy) is 2. The Morgan fingerprint density at radius 3 is 2.89 bits per heavy atom. The smallest absolute Gasteiger partial charge is 0.272 e. The maximum Gasteiger partial charge on any atom is 0.272 e.